The maximum Gasteiger partial charge on any atom is 0.251 e. The second-order valence-electron chi connectivity index (χ2n) is 4.15. The number of aryl methyl sites for hydroxylation is 1. The molecule has 0 spiro atoms. The van der Waals surface area contributed by atoms with E-state index in [1.807, 2.05) is 18.2 Å². The fraction of sp³-hybridized carbons (Fsp3) is 0.231. The fourth-order valence-electron chi connectivity index (χ4n) is 1.62. The van der Waals surface area contributed by atoms with Crippen LogP contribution in [0.3, 0.4) is 0 Å². The Labute approximate surface area is 123 Å². The van der Waals surface area contributed by atoms with Crippen LogP contribution in [0.15, 0.2) is 43.6 Å². The zero-order valence-corrected chi connectivity index (χ0v) is 12.9. The maximum atomic E-state index is 11.4. The van der Waals surface area contributed by atoms with Crippen LogP contribution in [0.1, 0.15) is 24.3 Å². The van der Waals surface area contributed by atoms with Gasteiger partial charge in [-0.2, -0.15) is 0 Å². The smallest absolute Gasteiger partial charge is 0.251 e. The number of aromatic nitrogens is 2. The van der Waals surface area contributed by atoms with E-state index >= 15 is 0 Å². The molecule has 0 unspecified atom stereocenters. The average Bonchev–Trinajstić information content (AvgIpc) is 2.26. The predicted octanol–water partition coefficient (Wildman–Crippen LogP) is 3.05. The van der Waals surface area contributed by atoms with Gasteiger partial charge in [0.25, 0.3) is 5.56 Å². The Hall–Kier alpha value is -1.11. The number of aliphatic hydroxyl groups is 1. The second kappa shape index (κ2) is 5.90. The highest BCUT2D eigenvalue weighted by atomic mass is 79.9. The molecular formula is C13H13BrN2O2S. The SMILES string of the molecule is Cc1cc(=O)[nH]c(Sc2ccc([C@@H](C)O)c(Br)c2)n1. The first-order valence-corrected chi connectivity index (χ1v) is 7.30. The Kier molecular flexibility index (Phi) is 4.44. The molecule has 1 atom stereocenters. The Bertz CT molecular complexity index is 655. The van der Waals surface area contributed by atoms with Gasteiger partial charge in [-0.15, -0.1) is 0 Å². The van der Waals surface area contributed by atoms with Gasteiger partial charge in [0.2, 0.25) is 0 Å². The molecule has 0 saturated carbocycles. The van der Waals surface area contributed by atoms with Crippen LogP contribution in [0.25, 0.3) is 0 Å². The largest absolute Gasteiger partial charge is 0.389 e. The topological polar surface area (TPSA) is 66.0 Å². The van der Waals surface area contributed by atoms with E-state index in [1.165, 1.54) is 17.8 Å². The number of hydrogen-bond acceptors (Lipinski definition) is 4. The highest BCUT2D eigenvalue weighted by Gasteiger charge is 2.08. The lowest BCUT2D eigenvalue weighted by Crippen LogP contribution is -2.07. The molecule has 6 heteroatoms. The first kappa shape index (κ1) is 14.3. The van der Waals surface area contributed by atoms with Crippen LogP contribution >= 0.6 is 27.7 Å². The highest BCUT2D eigenvalue weighted by molar-refractivity contribution is 9.10. The molecule has 0 radical (unpaired) electrons. The van der Waals surface area contributed by atoms with E-state index in [1.54, 1.807) is 13.8 Å². The first-order chi connectivity index (χ1) is 8.95. The third-order valence-electron chi connectivity index (χ3n) is 2.48. The van der Waals surface area contributed by atoms with Crippen molar-refractivity contribution in [3.8, 4) is 0 Å². The summed E-state index contributed by atoms with van der Waals surface area (Å²) in [7, 11) is 0. The molecule has 0 amide bonds. The lowest BCUT2D eigenvalue weighted by Gasteiger charge is -2.09. The minimum absolute atomic E-state index is 0.158. The van der Waals surface area contributed by atoms with Crippen molar-refractivity contribution in [1.82, 2.24) is 9.97 Å². The monoisotopic (exact) mass is 340 g/mol. The Morgan fingerprint density at radius 1 is 1.42 bits per heavy atom. The van der Waals surface area contributed by atoms with E-state index in [-0.39, 0.29) is 5.56 Å². The molecule has 0 aliphatic heterocycles. The molecule has 4 nitrogen and oxygen atoms in total. The van der Waals surface area contributed by atoms with Gasteiger partial charge in [0.05, 0.1) is 6.10 Å². The van der Waals surface area contributed by atoms with Gasteiger partial charge in [0.15, 0.2) is 5.16 Å². The lowest BCUT2D eigenvalue weighted by molar-refractivity contribution is 0.198. The Morgan fingerprint density at radius 2 is 2.16 bits per heavy atom. The summed E-state index contributed by atoms with van der Waals surface area (Å²) in [6.07, 6.45) is -0.523. The van der Waals surface area contributed by atoms with E-state index in [0.29, 0.717) is 10.9 Å². The molecule has 1 aromatic heterocycles. The van der Waals surface area contributed by atoms with E-state index in [0.717, 1.165) is 14.9 Å². The summed E-state index contributed by atoms with van der Waals surface area (Å²) in [4.78, 5) is 19.2. The van der Waals surface area contributed by atoms with E-state index in [9.17, 15) is 9.90 Å². The summed E-state index contributed by atoms with van der Waals surface area (Å²) in [5.74, 6) is 0. The first-order valence-electron chi connectivity index (χ1n) is 5.69. The van der Waals surface area contributed by atoms with Gasteiger partial charge in [-0.25, -0.2) is 4.98 Å². The summed E-state index contributed by atoms with van der Waals surface area (Å²) >= 11 is 4.80. The van der Waals surface area contributed by atoms with Gasteiger partial charge in [0.1, 0.15) is 0 Å². The van der Waals surface area contributed by atoms with Crippen LogP contribution < -0.4 is 5.56 Å². The summed E-state index contributed by atoms with van der Waals surface area (Å²) in [5.41, 5.74) is 1.36. The number of hydrogen-bond donors (Lipinski definition) is 2. The third-order valence-corrected chi connectivity index (χ3v) is 4.05. The van der Waals surface area contributed by atoms with Gasteiger partial charge in [-0.3, -0.25) is 4.79 Å². The van der Waals surface area contributed by atoms with Crippen LogP contribution in [0, 0.1) is 6.92 Å². The van der Waals surface area contributed by atoms with Gasteiger partial charge in [-0.05, 0) is 31.5 Å². The number of nitrogens with one attached hydrogen (secondary N) is 1. The number of halogens is 1. The number of H-pyrrole nitrogens is 1. The quantitative estimate of drug-likeness (QED) is 0.842. The van der Waals surface area contributed by atoms with Crippen LogP contribution in [0.2, 0.25) is 0 Å². The predicted molar refractivity (Wildman–Crippen MR) is 78.5 cm³/mol. The normalized spacial score (nSPS) is 12.4. The molecule has 0 bridgehead atoms. The molecular weight excluding hydrogens is 328 g/mol. The standard InChI is InChI=1S/C13H13BrN2O2S/c1-7-5-12(18)16-13(15-7)19-9-3-4-10(8(2)17)11(14)6-9/h3-6,8,17H,1-2H3,(H,15,16,18)/t8-/m1/s1. The molecule has 1 aromatic carbocycles. The molecule has 1 heterocycles. The number of aromatic amines is 1. The third kappa shape index (κ3) is 3.68. The van der Waals surface area contributed by atoms with Gasteiger partial charge in [0, 0.05) is 21.1 Å². The highest BCUT2D eigenvalue weighted by Crippen LogP contribution is 2.31. The van der Waals surface area contributed by atoms with E-state index in [4.69, 9.17) is 0 Å². The molecule has 2 rings (SSSR count). The molecule has 100 valence electrons. The number of nitrogens with zero attached hydrogens (tertiary/aromatic N) is 1. The summed E-state index contributed by atoms with van der Waals surface area (Å²) in [6.45, 7) is 3.50. The van der Waals surface area contributed by atoms with E-state index < -0.39 is 6.10 Å². The van der Waals surface area contributed by atoms with Crippen LogP contribution in [-0.4, -0.2) is 15.1 Å². The summed E-state index contributed by atoms with van der Waals surface area (Å²) < 4.78 is 0.836. The van der Waals surface area contributed by atoms with Crippen LogP contribution in [0.4, 0.5) is 0 Å². The molecule has 0 aliphatic carbocycles. The van der Waals surface area contributed by atoms with Crippen molar-refractivity contribution < 1.29 is 5.11 Å². The van der Waals surface area contributed by atoms with Crippen molar-refractivity contribution in [3.05, 3.63) is 50.3 Å². The van der Waals surface area contributed by atoms with Crippen molar-refractivity contribution in [3.63, 3.8) is 0 Å². The zero-order chi connectivity index (χ0) is 14.0. The molecule has 0 fully saturated rings. The molecule has 19 heavy (non-hydrogen) atoms. The van der Waals surface area contributed by atoms with Crippen molar-refractivity contribution in [2.24, 2.45) is 0 Å². The van der Waals surface area contributed by atoms with Crippen LogP contribution in [-0.2, 0) is 0 Å². The molecule has 0 saturated heterocycles. The fourth-order valence-corrected chi connectivity index (χ4v) is 3.36. The van der Waals surface area contributed by atoms with Gasteiger partial charge < -0.3 is 10.1 Å². The van der Waals surface area contributed by atoms with Crippen molar-refractivity contribution >= 4 is 27.7 Å². The minimum atomic E-state index is -0.523. The van der Waals surface area contributed by atoms with Gasteiger partial charge in [-0.1, -0.05) is 33.8 Å². The summed E-state index contributed by atoms with van der Waals surface area (Å²) in [6, 6.07) is 7.09. The van der Waals surface area contributed by atoms with Crippen molar-refractivity contribution in [1.29, 1.82) is 0 Å². The zero-order valence-electron chi connectivity index (χ0n) is 10.5. The second-order valence-corrected chi connectivity index (χ2v) is 6.07. The molecule has 2 aromatic rings. The summed E-state index contributed by atoms with van der Waals surface area (Å²) in [5, 5.41) is 10.1. The molecule has 0 aliphatic rings. The van der Waals surface area contributed by atoms with Crippen molar-refractivity contribution in [2.45, 2.75) is 30.0 Å². The Balaban J connectivity index is 2.29. The number of benzene rings is 1. The van der Waals surface area contributed by atoms with Crippen LogP contribution in [0.5, 0.6) is 0 Å². The Morgan fingerprint density at radius 3 is 2.74 bits per heavy atom. The lowest BCUT2D eigenvalue weighted by atomic mass is 10.1. The minimum Gasteiger partial charge on any atom is -0.389 e. The van der Waals surface area contributed by atoms with Crippen molar-refractivity contribution in [2.75, 3.05) is 0 Å². The van der Waals surface area contributed by atoms with Gasteiger partial charge >= 0.3 is 0 Å². The number of rotatable bonds is 3. The number of aliphatic hydroxyl groups excluding tert-OH is 1. The maximum absolute atomic E-state index is 11.4. The average molecular weight is 341 g/mol. The molecule has 2 N–H and O–H groups in total. The van der Waals surface area contributed by atoms with E-state index in [2.05, 4.69) is 25.9 Å².